The van der Waals surface area contributed by atoms with Crippen molar-refractivity contribution in [1.29, 1.82) is 0 Å². The Labute approximate surface area is 192 Å². The molecule has 15 nitrogen and oxygen atoms in total. The fraction of sp³-hybridized carbons (Fsp3) is 0.600. The molecule has 2 unspecified atom stereocenters. The topological polar surface area (TPSA) is 236 Å². The van der Waals surface area contributed by atoms with Crippen molar-refractivity contribution >= 4 is 67.2 Å². The zero-order chi connectivity index (χ0) is 23.8. The van der Waals surface area contributed by atoms with Crippen molar-refractivity contribution in [3.63, 3.8) is 0 Å². The normalized spacial score (nSPS) is 27.7. The average Bonchev–Trinajstić information content (AvgIpc) is 2.72. The number of nitrogens with two attached hydrogens (primary N) is 3. The van der Waals surface area contributed by atoms with Gasteiger partial charge in [0, 0.05) is 0 Å². The summed E-state index contributed by atoms with van der Waals surface area (Å²) in [7, 11) is 0. The van der Waals surface area contributed by atoms with Gasteiger partial charge in [-0.1, -0.05) is 0 Å². The second kappa shape index (κ2) is 12.2. The van der Waals surface area contributed by atoms with Crippen LogP contribution in [-0.2, 0) is 51.1 Å². The first kappa shape index (κ1) is 26.1. The molecule has 178 valence electrons. The van der Waals surface area contributed by atoms with Gasteiger partial charge >= 0.3 is 192 Å². The molecule has 2 aliphatic heterocycles. The van der Waals surface area contributed by atoms with Gasteiger partial charge in [0.2, 0.25) is 0 Å². The van der Waals surface area contributed by atoms with E-state index in [1.165, 1.54) is 0 Å². The Balaban J connectivity index is 1.81. The molecule has 17 heteroatoms. The van der Waals surface area contributed by atoms with Crippen molar-refractivity contribution in [3.8, 4) is 0 Å². The molecule has 6 N–H and O–H groups in total. The molecule has 2 saturated heterocycles. The van der Waals surface area contributed by atoms with Gasteiger partial charge in [-0.3, -0.25) is 0 Å². The van der Waals surface area contributed by atoms with E-state index in [4.69, 9.17) is 39.6 Å². The van der Waals surface area contributed by atoms with Crippen molar-refractivity contribution in [3.05, 3.63) is 0 Å². The Kier molecular flexibility index (Phi) is 9.91. The summed E-state index contributed by atoms with van der Waals surface area (Å²) < 4.78 is 29.0. The molecular formula is C15H21As2N3O12. The molecule has 0 aromatic heterocycles. The molecule has 2 aliphatic rings. The molecule has 0 amide bonds. The van der Waals surface area contributed by atoms with Crippen LogP contribution in [0.2, 0.25) is 0 Å². The van der Waals surface area contributed by atoms with Crippen molar-refractivity contribution in [2.24, 2.45) is 17.2 Å². The minimum absolute atomic E-state index is 0.0243. The number of hydrogen-bond acceptors (Lipinski definition) is 15. The standard InChI is InChI=1S/C15H21As2N3O12/c18-7-1-4-10(21)27-16(30-13(7)24)28-11(22)5-2-8(19)14(25)31-17-29-12(23)6-3-9(20)15(26)32-17/h7-9H,1-6,18-20H2/t7-,8-,9+,16?,17?/m0/s1. The summed E-state index contributed by atoms with van der Waals surface area (Å²) in [6.07, 6.45) is -0.948. The summed E-state index contributed by atoms with van der Waals surface area (Å²) in [6, 6.07) is -3.47. The first-order chi connectivity index (χ1) is 15.0. The van der Waals surface area contributed by atoms with Gasteiger partial charge in [0.1, 0.15) is 0 Å². The molecule has 0 aliphatic carbocycles. The Morgan fingerprint density at radius 1 is 0.875 bits per heavy atom. The van der Waals surface area contributed by atoms with Crippen LogP contribution in [0.4, 0.5) is 0 Å². The summed E-state index contributed by atoms with van der Waals surface area (Å²) in [4.78, 5) is 70.6. The molecule has 2 rings (SSSR count). The molecule has 2 fully saturated rings. The number of hydrogen-bond donors (Lipinski definition) is 3. The van der Waals surface area contributed by atoms with Crippen LogP contribution in [0.1, 0.15) is 38.5 Å². The van der Waals surface area contributed by atoms with Crippen molar-refractivity contribution in [1.82, 2.24) is 0 Å². The Morgan fingerprint density at radius 2 is 1.34 bits per heavy atom. The van der Waals surface area contributed by atoms with Crippen LogP contribution in [0.15, 0.2) is 0 Å². The fourth-order valence-corrected chi connectivity index (χ4v) is 5.96. The SMILES string of the molecule is N[C@@H]1CCC(=O)O[As](OC(=O)[C@@H](N)CCC(=O)O[As]2OC(=O)CC[C@H](N)C(=O)O2)OC1=O. The van der Waals surface area contributed by atoms with E-state index in [1.54, 1.807) is 0 Å². The van der Waals surface area contributed by atoms with Crippen LogP contribution in [0.3, 0.4) is 0 Å². The van der Waals surface area contributed by atoms with E-state index < -0.39 is 91.7 Å². The first-order valence-corrected chi connectivity index (χ1v) is 13.8. The van der Waals surface area contributed by atoms with E-state index in [0.717, 1.165) is 0 Å². The van der Waals surface area contributed by atoms with E-state index in [2.05, 4.69) is 0 Å². The van der Waals surface area contributed by atoms with Gasteiger partial charge in [-0.15, -0.1) is 0 Å². The Bertz CT molecular complexity index is 781. The molecule has 0 radical (unpaired) electrons. The van der Waals surface area contributed by atoms with Crippen LogP contribution in [-0.4, -0.2) is 85.3 Å². The van der Waals surface area contributed by atoms with Crippen LogP contribution >= 0.6 is 0 Å². The van der Waals surface area contributed by atoms with Gasteiger partial charge in [0.05, 0.1) is 0 Å². The molecule has 0 bridgehead atoms. The van der Waals surface area contributed by atoms with E-state index >= 15 is 0 Å². The number of rotatable bonds is 6. The third-order valence-corrected chi connectivity index (χ3v) is 8.20. The predicted molar refractivity (Wildman–Crippen MR) is 99.7 cm³/mol. The third kappa shape index (κ3) is 8.39. The van der Waals surface area contributed by atoms with Gasteiger partial charge in [-0.05, 0) is 0 Å². The molecule has 0 aromatic carbocycles. The number of carbonyl (C=O) groups excluding carboxylic acids is 6. The van der Waals surface area contributed by atoms with E-state index in [1.807, 2.05) is 0 Å². The maximum absolute atomic E-state index is 12.1. The van der Waals surface area contributed by atoms with Crippen LogP contribution in [0.25, 0.3) is 0 Å². The molecule has 2 heterocycles. The van der Waals surface area contributed by atoms with Crippen LogP contribution in [0.5, 0.6) is 0 Å². The average molecular weight is 585 g/mol. The summed E-state index contributed by atoms with van der Waals surface area (Å²) in [5.74, 6) is -5.24. The summed E-state index contributed by atoms with van der Waals surface area (Å²) in [6.45, 7) is 0. The second-order valence-corrected chi connectivity index (χ2v) is 10.7. The second-order valence-electron chi connectivity index (χ2n) is 6.50. The number of carbonyl (C=O) groups is 6. The van der Waals surface area contributed by atoms with Gasteiger partial charge in [-0.25, -0.2) is 0 Å². The molecule has 5 atom stereocenters. The Hall–Kier alpha value is -2.18. The van der Waals surface area contributed by atoms with Crippen LogP contribution < -0.4 is 17.2 Å². The maximum atomic E-state index is 12.1. The van der Waals surface area contributed by atoms with E-state index in [9.17, 15) is 28.8 Å². The van der Waals surface area contributed by atoms with E-state index in [0.29, 0.717) is 0 Å². The molecule has 0 saturated carbocycles. The van der Waals surface area contributed by atoms with Gasteiger partial charge in [-0.2, -0.15) is 0 Å². The summed E-state index contributed by atoms with van der Waals surface area (Å²) >= 11 is -7.14. The summed E-state index contributed by atoms with van der Waals surface area (Å²) in [5.41, 5.74) is 16.7. The molecular weight excluding hydrogens is 564 g/mol. The quantitative estimate of drug-likeness (QED) is 0.257. The van der Waals surface area contributed by atoms with Crippen molar-refractivity contribution in [2.75, 3.05) is 0 Å². The summed E-state index contributed by atoms with van der Waals surface area (Å²) in [5, 5.41) is 0. The van der Waals surface area contributed by atoms with Gasteiger partial charge in [0.25, 0.3) is 0 Å². The van der Waals surface area contributed by atoms with Crippen molar-refractivity contribution in [2.45, 2.75) is 56.7 Å². The Morgan fingerprint density at radius 3 is 1.84 bits per heavy atom. The predicted octanol–water partition coefficient (Wildman–Crippen LogP) is -3.43. The third-order valence-electron chi connectivity index (χ3n) is 3.91. The fourth-order valence-electron chi connectivity index (χ4n) is 2.10. The van der Waals surface area contributed by atoms with Crippen molar-refractivity contribution < 1.29 is 51.1 Å². The molecule has 0 aromatic rings. The molecule has 0 spiro atoms. The zero-order valence-corrected chi connectivity index (χ0v) is 20.3. The zero-order valence-electron chi connectivity index (χ0n) is 16.5. The van der Waals surface area contributed by atoms with Crippen LogP contribution in [0, 0.1) is 0 Å². The van der Waals surface area contributed by atoms with E-state index in [-0.39, 0.29) is 32.1 Å². The van der Waals surface area contributed by atoms with Gasteiger partial charge < -0.3 is 0 Å². The minimum atomic E-state index is -3.60. The first-order valence-electron chi connectivity index (χ1n) is 9.20. The van der Waals surface area contributed by atoms with Gasteiger partial charge in [0.15, 0.2) is 0 Å². The monoisotopic (exact) mass is 585 g/mol. The molecule has 32 heavy (non-hydrogen) atoms.